The number of amides is 1. The standard InChI is InChI=1S/C20H17F4N7O/c21-13-3-1-2-12(18(13)31-27-4-5-28-31)19(32)30-10-11-6-14(15(30)7-11)29-17-9-25-16(8-26-17)20(22,23)24/h1-5,8-9,11,14-15H,6-7,10H2,(H,26,29). The first-order chi connectivity index (χ1) is 15.3. The summed E-state index contributed by atoms with van der Waals surface area (Å²) >= 11 is 0. The van der Waals surface area contributed by atoms with E-state index in [1.54, 1.807) is 4.90 Å². The van der Waals surface area contributed by atoms with E-state index in [2.05, 4.69) is 25.5 Å². The Morgan fingerprint density at radius 3 is 2.53 bits per heavy atom. The summed E-state index contributed by atoms with van der Waals surface area (Å²) in [4.78, 5) is 23.3. The summed E-state index contributed by atoms with van der Waals surface area (Å²) in [5.41, 5.74) is -0.955. The molecule has 0 radical (unpaired) electrons. The molecular formula is C20H17F4N7O. The number of piperidine rings is 1. The molecule has 5 rings (SSSR count). The SMILES string of the molecule is O=C(c1cccc(F)c1-n1nccn1)N1CC2CC(Nc3cnc(C(F)(F)F)cn3)C1C2. The van der Waals surface area contributed by atoms with Crippen molar-refractivity contribution in [1.82, 2.24) is 29.9 Å². The molecule has 166 valence electrons. The van der Waals surface area contributed by atoms with E-state index in [1.807, 2.05) is 0 Å². The van der Waals surface area contributed by atoms with Gasteiger partial charge in [0.1, 0.15) is 11.5 Å². The number of hydrogen-bond donors (Lipinski definition) is 1. The summed E-state index contributed by atoms with van der Waals surface area (Å²) in [5, 5.41) is 11.0. The van der Waals surface area contributed by atoms with Gasteiger partial charge in [-0.15, -0.1) is 4.80 Å². The highest BCUT2D eigenvalue weighted by Gasteiger charge is 2.47. The maximum Gasteiger partial charge on any atom is 0.434 e. The van der Waals surface area contributed by atoms with Crippen LogP contribution in [0.1, 0.15) is 28.9 Å². The van der Waals surface area contributed by atoms with Gasteiger partial charge in [-0.1, -0.05) is 6.07 Å². The van der Waals surface area contributed by atoms with Crippen molar-refractivity contribution < 1.29 is 22.4 Å². The van der Waals surface area contributed by atoms with E-state index in [9.17, 15) is 22.4 Å². The Bertz CT molecular complexity index is 1130. The Morgan fingerprint density at radius 2 is 1.88 bits per heavy atom. The van der Waals surface area contributed by atoms with Gasteiger partial charge in [0, 0.05) is 12.6 Å². The quantitative estimate of drug-likeness (QED) is 0.619. The number of anilines is 1. The fourth-order valence-corrected chi connectivity index (χ4v) is 4.53. The molecule has 0 spiro atoms. The van der Waals surface area contributed by atoms with Crippen LogP contribution in [0.4, 0.5) is 23.4 Å². The molecule has 1 aliphatic carbocycles. The van der Waals surface area contributed by atoms with Crippen molar-refractivity contribution in [2.45, 2.75) is 31.1 Å². The van der Waals surface area contributed by atoms with E-state index in [-0.39, 0.29) is 41.0 Å². The Morgan fingerprint density at radius 1 is 1.09 bits per heavy atom. The van der Waals surface area contributed by atoms with Crippen LogP contribution in [0.5, 0.6) is 0 Å². The number of alkyl halides is 3. The lowest BCUT2D eigenvalue weighted by Gasteiger charge is -2.34. The van der Waals surface area contributed by atoms with Crippen molar-refractivity contribution in [1.29, 1.82) is 0 Å². The number of carbonyl (C=O) groups excluding carboxylic acids is 1. The van der Waals surface area contributed by atoms with Gasteiger partial charge in [0.25, 0.3) is 5.91 Å². The molecule has 1 N–H and O–H groups in total. The van der Waals surface area contributed by atoms with Crippen LogP contribution >= 0.6 is 0 Å². The number of nitrogens with zero attached hydrogens (tertiary/aromatic N) is 6. The van der Waals surface area contributed by atoms with Gasteiger partial charge >= 0.3 is 6.18 Å². The van der Waals surface area contributed by atoms with Crippen LogP contribution in [0.25, 0.3) is 5.69 Å². The highest BCUT2D eigenvalue weighted by atomic mass is 19.4. The third kappa shape index (κ3) is 3.55. The van der Waals surface area contributed by atoms with E-state index < -0.39 is 17.7 Å². The Labute approximate surface area is 179 Å². The second kappa shape index (κ2) is 7.53. The third-order valence-electron chi connectivity index (χ3n) is 5.85. The number of likely N-dealkylation sites (tertiary alicyclic amines) is 1. The van der Waals surface area contributed by atoms with Crippen LogP contribution < -0.4 is 5.32 Å². The summed E-state index contributed by atoms with van der Waals surface area (Å²) in [6.07, 6.45) is 1.42. The number of nitrogens with one attached hydrogen (secondary N) is 1. The Hall–Kier alpha value is -3.57. The minimum atomic E-state index is -4.56. The summed E-state index contributed by atoms with van der Waals surface area (Å²) < 4.78 is 52.7. The van der Waals surface area contributed by atoms with Crippen molar-refractivity contribution in [2.75, 3.05) is 11.9 Å². The monoisotopic (exact) mass is 447 g/mol. The molecule has 2 fully saturated rings. The second-order valence-electron chi connectivity index (χ2n) is 7.85. The molecule has 2 aliphatic rings. The molecule has 3 heterocycles. The number of aromatic nitrogens is 5. The first-order valence-corrected chi connectivity index (χ1v) is 9.93. The van der Waals surface area contributed by atoms with Crippen molar-refractivity contribution in [2.24, 2.45) is 5.92 Å². The molecule has 2 aromatic heterocycles. The van der Waals surface area contributed by atoms with Crippen molar-refractivity contribution in [3.8, 4) is 5.69 Å². The average Bonchev–Trinajstić information content (AvgIpc) is 3.50. The molecule has 3 aromatic rings. The van der Waals surface area contributed by atoms with Gasteiger partial charge < -0.3 is 10.2 Å². The third-order valence-corrected chi connectivity index (χ3v) is 5.85. The van der Waals surface area contributed by atoms with Crippen LogP contribution in [0.2, 0.25) is 0 Å². The minimum absolute atomic E-state index is 0.0246. The summed E-state index contributed by atoms with van der Waals surface area (Å²) in [5.74, 6) is -0.542. The summed E-state index contributed by atoms with van der Waals surface area (Å²) in [7, 11) is 0. The molecule has 1 saturated carbocycles. The first kappa shape index (κ1) is 20.3. The Kier molecular flexibility index (Phi) is 4.79. The van der Waals surface area contributed by atoms with Crippen LogP contribution in [-0.4, -0.2) is 54.4 Å². The molecule has 3 atom stereocenters. The van der Waals surface area contributed by atoms with Gasteiger partial charge in [0.15, 0.2) is 11.5 Å². The molecular weight excluding hydrogens is 430 g/mol. The van der Waals surface area contributed by atoms with Crippen molar-refractivity contribution >= 4 is 11.7 Å². The topological polar surface area (TPSA) is 88.8 Å². The predicted molar refractivity (Wildman–Crippen MR) is 103 cm³/mol. The lowest BCUT2D eigenvalue weighted by molar-refractivity contribution is -0.141. The fraction of sp³-hybridized carbons (Fsp3) is 0.350. The van der Waals surface area contributed by atoms with Gasteiger partial charge in [-0.05, 0) is 30.9 Å². The number of hydrogen-bond acceptors (Lipinski definition) is 6. The maximum absolute atomic E-state index is 14.5. The van der Waals surface area contributed by atoms with Gasteiger partial charge in [-0.2, -0.15) is 23.4 Å². The smallest absolute Gasteiger partial charge is 0.364 e. The van der Waals surface area contributed by atoms with Gasteiger partial charge in [-0.3, -0.25) is 4.79 Å². The fourth-order valence-electron chi connectivity index (χ4n) is 4.53. The van der Waals surface area contributed by atoms with Crippen LogP contribution in [0, 0.1) is 11.7 Å². The highest BCUT2D eigenvalue weighted by Crippen LogP contribution is 2.40. The zero-order valence-corrected chi connectivity index (χ0v) is 16.5. The number of rotatable bonds is 4. The van der Waals surface area contributed by atoms with Crippen molar-refractivity contribution in [3.63, 3.8) is 0 Å². The van der Waals surface area contributed by atoms with E-state index in [0.717, 1.165) is 23.8 Å². The molecule has 12 heteroatoms. The zero-order valence-electron chi connectivity index (χ0n) is 16.5. The van der Waals surface area contributed by atoms with E-state index in [1.165, 1.54) is 30.6 Å². The van der Waals surface area contributed by atoms with E-state index in [0.29, 0.717) is 12.7 Å². The molecule has 32 heavy (non-hydrogen) atoms. The number of para-hydroxylation sites is 1. The molecule has 3 unspecified atom stereocenters. The normalized spacial score (nSPS) is 22.4. The van der Waals surface area contributed by atoms with Crippen LogP contribution in [0.3, 0.4) is 0 Å². The predicted octanol–water partition coefficient (Wildman–Crippen LogP) is 2.93. The number of benzene rings is 1. The van der Waals surface area contributed by atoms with E-state index >= 15 is 0 Å². The molecule has 1 aromatic carbocycles. The number of carbonyl (C=O) groups is 1. The lowest BCUT2D eigenvalue weighted by atomic mass is 10.0. The summed E-state index contributed by atoms with van der Waals surface area (Å²) in [6.45, 7) is 0.517. The van der Waals surface area contributed by atoms with Gasteiger partial charge in [0.2, 0.25) is 0 Å². The van der Waals surface area contributed by atoms with Crippen molar-refractivity contribution in [3.05, 3.63) is 60.1 Å². The van der Waals surface area contributed by atoms with E-state index in [4.69, 9.17) is 0 Å². The molecule has 1 amide bonds. The first-order valence-electron chi connectivity index (χ1n) is 9.93. The van der Waals surface area contributed by atoms with Crippen LogP contribution in [-0.2, 0) is 6.18 Å². The number of fused-ring (bicyclic) bond motifs is 2. The Balaban J connectivity index is 1.37. The lowest BCUT2D eigenvalue weighted by Crippen LogP contribution is -2.48. The highest BCUT2D eigenvalue weighted by molar-refractivity contribution is 5.98. The summed E-state index contributed by atoms with van der Waals surface area (Å²) in [6, 6.07) is 3.80. The minimum Gasteiger partial charge on any atom is -0.364 e. The molecule has 1 saturated heterocycles. The second-order valence-corrected chi connectivity index (χ2v) is 7.85. The van der Waals surface area contributed by atoms with Gasteiger partial charge in [0.05, 0.1) is 36.4 Å². The number of halogens is 4. The van der Waals surface area contributed by atoms with Gasteiger partial charge in [-0.25, -0.2) is 14.4 Å². The molecule has 8 nitrogen and oxygen atoms in total. The maximum atomic E-state index is 14.5. The molecule has 2 bridgehead atoms. The average molecular weight is 447 g/mol. The largest absolute Gasteiger partial charge is 0.434 e. The zero-order chi connectivity index (χ0) is 22.5. The molecule has 1 aliphatic heterocycles. The van der Waals surface area contributed by atoms with Crippen LogP contribution in [0.15, 0.2) is 43.0 Å².